The van der Waals surface area contributed by atoms with Crippen LogP contribution in [0.5, 0.6) is 11.5 Å². The van der Waals surface area contributed by atoms with Gasteiger partial charge in [0.2, 0.25) is 5.91 Å². The topological polar surface area (TPSA) is 89.8 Å². The minimum absolute atomic E-state index is 0.0433. The van der Waals surface area contributed by atoms with Crippen molar-refractivity contribution in [3.05, 3.63) is 47.9 Å². The van der Waals surface area contributed by atoms with Crippen LogP contribution in [0.15, 0.2) is 41.0 Å². The van der Waals surface area contributed by atoms with E-state index in [2.05, 4.69) is 10.6 Å². The standard InChI is InChI=1S/C23H26N2O5/c1-28-17-6-7-18-20(12-17)30-23(25-22(18)27)13-14-4-5-15(23)11-19(14)21(26)24-9-8-16-3-2-10-29-16/h2-3,6-7,10,12,14-15,19H,4-5,8-9,11,13H2,1H3,(H,24,26)(H,25,27)/t14-,15+,19-,23-/m0/s1. The Morgan fingerprint density at radius 2 is 2.23 bits per heavy atom. The van der Waals surface area contributed by atoms with Gasteiger partial charge in [0.1, 0.15) is 17.3 Å². The second-order valence-electron chi connectivity index (χ2n) is 8.51. The van der Waals surface area contributed by atoms with Gasteiger partial charge in [0.15, 0.2) is 5.72 Å². The minimum Gasteiger partial charge on any atom is -0.497 e. The van der Waals surface area contributed by atoms with Gasteiger partial charge in [-0.3, -0.25) is 9.59 Å². The van der Waals surface area contributed by atoms with Crippen LogP contribution in [0.1, 0.15) is 41.8 Å². The van der Waals surface area contributed by atoms with Crippen LogP contribution in [0.25, 0.3) is 0 Å². The van der Waals surface area contributed by atoms with Gasteiger partial charge in [0, 0.05) is 37.3 Å². The summed E-state index contributed by atoms with van der Waals surface area (Å²) < 4.78 is 17.0. The van der Waals surface area contributed by atoms with Crippen LogP contribution >= 0.6 is 0 Å². The average Bonchev–Trinajstić information content (AvgIpc) is 3.27. The van der Waals surface area contributed by atoms with Crippen molar-refractivity contribution in [1.29, 1.82) is 0 Å². The highest BCUT2D eigenvalue weighted by Gasteiger charge is 2.57. The molecule has 0 unspecified atom stereocenters. The third-order valence-corrected chi connectivity index (χ3v) is 6.86. The Bertz CT molecular complexity index is 957. The molecule has 1 aromatic carbocycles. The molecule has 1 aliphatic heterocycles. The summed E-state index contributed by atoms with van der Waals surface area (Å²) in [6.45, 7) is 0.561. The first-order valence-electron chi connectivity index (χ1n) is 10.6. The molecule has 158 valence electrons. The van der Waals surface area contributed by atoms with Gasteiger partial charge in [0.25, 0.3) is 5.91 Å². The maximum absolute atomic E-state index is 12.8. The van der Waals surface area contributed by atoms with Crippen LogP contribution in [-0.2, 0) is 11.2 Å². The molecule has 30 heavy (non-hydrogen) atoms. The molecule has 7 nitrogen and oxygen atoms in total. The van der Waals surface area contributed by atoms with Crippen LogP contribution in [-0.4, -0.2) is 31.2 Å². The molecule has 7 heteroatoms. The van der Waals surface area contributed by atoms with E-state index in [-0.39, 0.29) is 29.6 Å². The SMILES string of the molecule is COc1ccc2c(c1)O[C@]1(C[C@@H]3CC[C@@H]1C[C@@H]3C(=O)NCCc1ccco1)NC2=O. The smallest absolute Gasteiger partial charge is 0.258 e. The largest absolute Gasteiger partial charge is 0.497 e. The Labute approximate surface area is 175 Å². The highest BCUT2D eigenvalue weighted by molar-refractivity contribution is 5.98. The Morgan fingerprint density at radius 1 is 1.33 bits per heavy atom. The van der Waals surface area contributed by atoms with Gasteiger partial charge >= 0.3 is 0 Å². The van der Waals surface area contributed by atoms with E-state index in [9.17, 15) is 9.59 Å². The first-order chi connectivity index (χ1) is 14.6. The molecule has 2 aromatic rings. The molecule has 3 saturated carbocycles. The number of rotatable bonds is 5. The first kappa shape index (κ1) is 19.0. The number of carbonyl (C=O) groups is 2. The number of hydrogen-bond acceptors (Lipinski definition) is 5. The van der Waals surface area contributed by atoms with E-state index in [0.717, 1.165) is 25.0 Å². The summed E-state index contributed by atoms with van der Waals surface area (Å²) in [4.78, 5) is 25.6. The highest BCUT2D eigenvalue weighted by atomic mass is 16.5. The van der Waals surface area contributed by atoms with Crippen molar-refractivity contribution in [2.75, 3.05) is 13.7 Å². The van der Waals surface area contributed by atoms with Crippen LogP contribution in [0.4, 0.5) is 0 Å². The summed E-state index contributed by atoms with van der Waals surface area (Å²) in [5, 5.41) is 6.19. The van der Waals surface area contributed by atoms with E-state index in [1.54, 1.807) is 31.6 Å². The van der Waals surface area contributed by atoms with Crippen LogP contribution in [0, 0.1) is 17.8 Å². The first-order valence-corrected chi connectivity index (χ1v) is 10.6. The quantitative estimate of drug-likeness (QED) is 0.791. The number of carbonyl (C=O) groups excluding carboxylic acids is 2. The lowest BCUT2D eigenvalue weighted by molar-refractivity contribution is -0.146. The van der Waals surface area contributed by atoms with Gasteiger partial charge in [0.05, 0.1) is 18.9 Å². The number of fused-ring (bicyclic) bond motifs is 3. The molecular weight excluding hydrogens is 384 g/mol. The summed E-state index contributed by atoms with van der Waals surface area (Å²) in [6, 6.07) is 9.02. The summed E-state index contributed by atoms with van der Waals surface area (Å²) in [5.74, 6) is 2.31. The van der Waals surface area contributed by atoms with Gasteiger partial charge in [-0.05, 0) is 49.4 Å². The van der Waals surface area contributed by atoms with Gasteiger partial charge in [-0.25, -0.2) is 0 Å². The number of furan rings is 1. The fraction of sp³-hybridized carbons (Fsp3) is 0.478. The van der Waals surface area contributed by atoms with Crippen LogP contribution < -0.4 is 20.1 Å². The molecular formula is C23H26N2O5. The van der Waals surface area contributed by atoms with Gasteiger partial charge in [-0.1, -0.05) is 0 Å². The third-order valence-electron chi connectivity index (χ3n) is 6.86. The lowest BCUT2D eigenvalue weighted by Gasteiger charge is -2.55. The highest BCUT2D eigenvalue weighted by Crippen LogP contribution is 2.52. The summed E-state index contributed by atoms with van der Waals surface area (Å²) >= 11 is 0. The number of benzene rings is 1. The van der Waals surface area contributed by atoms with Crippen molar-refractivity contribution in [2.24, 2.45) is 17.8 Å². The fourth-order valence-electron chi connectivity index (χ4n) is 5.33. The second kappa shape index (κ2) is 7.38. The Kier molecular flexibility index (Phi) is 4.68. The molecule has 0 saturated heterocycles. The lowest BCUT2D eigenvalue weighted by atomic mass is 9.60. The number of methoxy groups -OCH3 is 1. The summed E-state index contributed by atoms with van der Waals surface area (Å²) in [7, 11) is 1.60. The van der Waals surface area contributed by atoms with Crippen molar-refractivity contribution in [1.82, 2.24) is 10.6 Å². The second-order valence-corrected chi connectivity index (χ2v) is 8.51. The number of hydrogen-bond donors (Lipinski definition) is 2. The molecule has 1 aromatic heterocycles. The van der Waals surface area contributed by atoms with E-state index in [4.69, 9.17) is 13.9 Å². The normalized spacial score (nSPS) is 29.1. The third kappa shape index (κ3) is 3.22. The van der Waals surface area contributed by atoms with Gasteiger partial charge in [-0.2, -0.15) is 0 Å². The van der Waals surface area contributed by atoms with Gasteiger partial charge in [-0.15, -0.1) is 0 Å². The Hall–Kier alpha value is -2.96. The van der Waals surface area contributed by atoms with E-state index in [1.807, 2.05) is 12.1 Å². The van der Waals surface area contributed by atoms with Crippen molar-refractivity contribution in [2.45, 2.75) is 37.8 Å². The van der Waals surface area contributed by atoms with Crippen molar-refractivity contribution in [3.8, 4) is 11.5 Å². The molecule has 3 fully saturated rings. The van der Waals surface area contributed by atoms with E-state index in [0.29, 0.717) is 36.4 Å². The van der Waals surface area contributed by atoms with Crippen molar-refractivity contribution >= 4 is 11.8 Å². The number of amides is 2. The molecule has 0 radical (unpaired) electrons. The predicted molar refractivity (Wildman–Crippen MR) is 108 cm³/mol. The number of nitrogens with one attached hydrogen (secondary N) is 2. The Morgan fingerprint density at radius 3 is 2.97 bits per heavy atom. The molecule has 4 aliphatic rings. The summed E-state index contributed by atoms with van der Waals surface area (Å²) in [6.07, 6.45) is 5.62. The maximum Gasteiger partial charge on any atom is 0.258 e. The summed E-state index contributed by atoms with van der Waals surface area (Å²) in [5.41, 5.74) is -0.209. The van der Waals surface area contributed by atoms with Gasteiger partial charge < -0.3 is 24.5 Å². The molecule has 6 rings (SSSR count). The van der Waals surface area contributed by atoms with Crippen LogP contribution in [0.2, 0.25) is 0 Å². The lowest BCUT2D eigenvalue weighted by Crippen LogP contribution is -2.67. The fourth-order valence-corrected chi connectivity index (χ4v) is 5.33. The molecule has 1 spiro atoms. The zero-order valence-corrected chi connectivity index (χ0v) is 17.0. The Balaban J connectivity index is 1.28. The zero-order chi connectivity index (χ0) is 20.7. The maximum atomic E-state index is 12.8. The van der Waals surface area contributed by atoms with Crippen molar-refractivity contribution < 1.29 is 23.5 Å². The molecule has 2 amide bonds. The van der Waals surface area contributed by atoms with E-state index >= 15 is 0 Å². The zero-order valence-electron chi connectivity index (χ0n) is 17.0. The molecule has 4 atom stereocenters. The van der Waals surface area contributed by atoms with E-state index in [1.165, 1.54) is 0 Å². The minimum atomic E-state index is -0.732. The molecule has 3 aliphatic carbocycles. The average molecular weight is 410 g/mol. The van der Waals surface area contributed by atoms with E-state index < -0.39 is 5.72 Å². The molecule has 2 N–H and O–H groups in total. The van der Waals surface area contributed by atoms with Crippen molar-refractivity contribution in [3.63, 3.8) is 0 Å². The van der Waals surface area contributed by atoms with Crippen LogP contribution in [0.3, 0.4) is 0 Å². The number of ether oxygens (including phenoxy) is 2. The monoisotopic (exact) mass is 410 g/mol. The molecule has 2 bridgehead atoms. The molecule has 2 heterocycles. The predicted octanol–water partition coefficient (Wildman–Crippen LogP) is 2.90.